The van der Waals surface area contributed by atoms with Crippen LogP contribution in [0.5, 0.6) is 5.75 Å². The average Bonchev–Trinajstić information content (AvgIpc) is 2.57. The van der Waals surface area contributed by atoms with Gasteiger partial charge < -0.3 is 19.9 Å². The molecule has 1 aromatic carbocycles. The molecule has 0 amide bonds. The molecule has 22 heavy (non-hydrogen) atoms. The summed E-state index contributed by atoms with van der Waals surface area (Å²) in [6.07, 6.45) is 12.9. The largest absolute Gasteiger partial charge is 0.508 e. The third-order valence-corrected chi connectivity index (χ3v) is 3.74. The van der Waals surface area contributed by atoms with E-state index in [1.165, 1.54) is 18.1 Å². The number of hydrogen-bond donors (Lipinski definition) is 2. The predicted octanol–water partition coefficient (Wildman–Crippen LogP) is 4.12. The first-order chi connectivity index (χ1) is 10.7. The number of phenolic OH excluding ortho intramolecular Hbond substituents is 1. The molecule has 0 spiro atoms. The summed E-state index contributed by atoms with van der Waals surface area (Å²) in [6, 6.07) is 5.43. The standard InChI is InChI=1S/C18H19NO3/c1-13-7-8-15(11-16(13)20)19-18(14-5-3-2-4-6-14)17-12-21-9-10-22-17/h2-3,5,7-12,18-20H,4,6H2,1H3. The monoisotopic (exact) mass is 297 g/mol. The smallest absolute Gasteiger partial charge is 0.165 e. The zero-order valence-electron chi connectivity index (χ0n) is 12.5. The topological polar surface area (TPSA) is 50.7 Å². The van der Waals surface area contributed by atoms with E-state index in [1.807, 2.05) is 19.1 Å². The Balaban J connectivity index is 1.87. The van der Waals surface area contributed by atoms with Crippen LogP contribution in [0.25, 0.3) is 0 Å². The second-order valence-electron chi connectivity index (χ2n) is 5.33. The maximum atomic E-state index is 9.89. The summed E-state index contributed by atoms with van der Waals surface area (Å²) in [5.74, 6) is 0.972. The molecule has 114 valence electrons. The molecule has 4 nitrogen and oxygen atoms in total. The summed E-state index contributed by atoms with van der Waals surface area (Å²) in [7, 11) is 0. The van der Waals surface area contributed by atoms with Crippen LogP contribution in [0.15, 0.2) is 66.5 Å². The third kappa shape index (κ3) is 3.17. The van der Waals surface area contributed by atoms with E-state index in [9.17, 15) is 5.11 Å². The summed E-state index contributed by atoms with van der Waals surface area (Å²) < 4.78 is 10.8. The van der Waals surface area contributed by atoms with Crippen LogP contribution in [0.3, 0.4) is 0 Å². The predicted molar refractivity (Wildman–Crippen MR) is 86.1 cm³/mol. The van der Waals surface area contributed by atoms with Crippen LogP contribution >= 0.6 is 0 Å². The van der Waals surface area contributed by atoms with E-state index < -0.39 is 0 Å². The number of aryl methyl sites for hydroxylation is 1. The highest BCUT2D eigenvalue weighted by atomic mass is 16.5. The molecule has 1 atom stereocenters. The molecule has 0 radical (unpaired) electrons. The molecule has 2 aliphatic rings. The lowest BCUT2D eigenvalue weighted by Crippen LogP contribution is -2.26. The lowest BCUT2D eigenvalue weighted by Gasteiger charge is -2.26. The maximum absolute atomic E-state index is 9.89. The molecule has 4 heteroatoms. The van der Waals surface area contributed by atoms with Gasteiger partial charge in [0.15, 0.2) is 5.76 Å². The van der Waals surface area contributed by atoms with Gasteiger partial charge in [0.05, 0.1) is 0 Å². The van der Waals surface area contributed by atoms with Gasteiger partial charge in [0.2, 0.25) is 0 Å². The second-order valence-corrected chi connectivity index (χ2v) is 5.33. The molecule has 0 saturated heterocycles. The molecule has 1 aliphatic carbocycles. The first-order valence-electron chi connectivity index (χ1n) is 7.33. The summed E-state index contributed by atoms with van der Waals surface area (Å²) in [5.41, 5.74) is 2.90. The first-order valence-corrected chi connectivity index (χ1v) is 7.33. The van der Waals surface area contributed by atoms with E-state index in [2.05, 4.69) is 23.5 Å². The molecule has 0 bridgehead atoms. The van der Waals surface area contributed by atoms with Gasteiger partial charge in [0.1, 0.15) is 30.6 Å². The van der Waals surface area contributed by atoms with E-state index in [4.69, 9.17) is 9.47 Å². The van der Waals surface area contributed by atoms with Gasteiger partial charge in [0.25, 0.3) is 0 Å². The summed E-state index contributed by atoms with van der Waals surface area (Å²) >= 11 is 0. The minimum atomic E-state index is -0.128. The SMILES string of the molecule is Cc1ccc(NC(C2=CC=CCC2)C2=COC=CO2)cc1O. The van der Waals surface area contributed by atoms with E-state index in [0.29, 0.717) is 5.76 Å². The lowest BCUT2D eigenvalue weighted by atomic mass is 9.96. The highest BCUT2D eigenvalue weighted by molar-refractivity contribution is 5.54. The minimum absolute atomic E-state index is 0.128. The van der Waals surface area contributed by atoms with Gasteiger partial charge >= 0.3 is 0 Å². The van der Waals surface area contributed by atoms with Gasteiger partial charge in [-0.05, 0) is 37.0 Å². The fourth-order valence-corrected chi connectivity index (χ4v) is 2.48. The van der Waals surface area contributed by atoms with E-state index in [0.717, 1.165) is 24.1 Å². The van der Waals surface area contributed by atoms with E-state index in [1.54, 1.807) is 12.3 Å². The third-order valence-electron chi connectivity index (χ3n) is 3.74. The highest BCUT2D eigenvalue weighted by Crippen LogP contribution is 2.28. The van der Waals surface area contributed by atoms with Gasteiger partial charge in [-0.1, -0.05) is 24.3 Å². The van der Waals surface area contributed by atoms with E-state index in [-0.39, 0.29) is 11.8 Å². The number of hydrogen-bond acceptors (Lipinski definition) is 4. The molecule has 0 saturated carbocycles. The van der Waals surface area contributed by atoms with Crippen LogP contribution < -0.4 is 5.32 Å². The number of benzene rings is 1. The molecule has 3 rings (SSSR count). The molecule has 1 unspecified atom stereocenters. The number of rotatable bonds is 4. The van der Waals surface area contributed by atoms with Crippen LogP contribution in [-0.4, -0.2) is 11.1 Å². The van der Waals surface area contributed by atoms with Gasteiger partial charge in [-0.2, -0.15) is 0 Å². The molecular weight excluding hydrogens is 278 g/mol. The van der Waals surface area contributed by atoms with Crippen LogP contribution in [0.2, 0.25) is 0 Å². The zero-order valence-corrected chi connectivity index (χ0v) is 12.5. The van der Waals surface area contributed by atoms with Crippen LogP contribution in [0, 0.1) is 6.92 Å². The van der Waals surface area contributed by atoms with Crippen LogP contribution in [0.4, 0.5) is 5.69 Å². The number of ether oxygens (including phenoxy) is 2. The van der Waals surface area contributed by atoms with Crippen molar-refractivity contribution in [2.24, 2.45) is 0 Å². The van der Waals surface area contributed by atoms with Gasteiger partial charge in [-0.3, -0.25) is 0 Å². The molecule has 2 N–H and O–H groups in total. The quantitative estimate of drug-likeness (QED) is 0.878. The lowest BCUT2D eigenvalue weighted by molar-refractivity contribution is 0.245. The van der Waals surface area contributed by atoms with Crippen molar-refractivity contribution in [3.05, 3.63) is 72.1 Å². The Kier molecular flexibility index (Phi) is 4.19. The average molecular weight is 297 g/mol. The Morgan fingerprint density at radius 1 is 1.27 bits per heavy atom. The van der Waals surface area contributed by atoms with Crippen molar-refractivity contribution in [2.45, 2.75) is 25.8 Å². The zero-order chi connectivity index (χ0) is 15.4. The second kappa shape index (κ2) is 6.43. The minimum Gasteiger partial charge on any atom is -0.508 e. The van der Waals surface area contributed by atoms with Crippen molar-refractivity contribution in [2.75, 3.05) is 5.32 Å². The molecule has 1 heterocycles. The molecule has 0 aromatic heterocycles. The van der Waals surface area contributed by atoms with Crippen molar-refractivity contribution >= 4 is 5.69 Å². The summed E-state index contributed by atoms with van der Waals surface area (Å²) in [4.78, 5) is 0. The van der Waals surface area contributed by atoms with Gasteiger partial charge in [0, 0.05) is 11.8 Å². The fourth-order valence-electron chi connectivity index (χ4n) is 2.48. The Morgan fingerprint density at radius 2 is 2.18 bits per heavy atom. The Morgan fingerprint density at radius 3 is 2.86 bits per heavy atom. The Labute approximate surface area is 130 Å². The van der Waals surface area contributed by atoms with Crippen molar-refractivity contribution in [3.63, 3.8) is 0 Å². The van der Waals surface area contributed by atoms with Crippen LogP contribution in [-0.2, 0) is 9.47 Å². The number of aromatic hydroxyl groups is 1. The van der Waals surface area contributed by atoms with Crippen molar-refractivity contribution in [3.8, 4) is 5.75 Å². The molecule has 1 aromatic rings. The highest BCUT2D eigenvalue weighted by Gasteiger charge is 2.22. The fraction of sp³-hybridized carbons (Fsp3) is 0.222. The number of allylic oxidation sites excluding steroid dienone is 3. The van der Waals surface area contributed by atoms with Gasteiger partial charge in [-0.25, -0.2) is 0 Å². The number of nitrogens with one attached hydrogen (secondary N) is 1. The normalized spacial score (nSPS) is 17.9. The maximum Gasteiger partial charge on any atom is 0.165 e. The summed E-state index contributed by atoms with van der Waals surface area (Å²) in [5, 5.41) is 13.3. The van der Waals surface area contributed by atoms with Crippen molar-refractivity contribution in [1.82, 2.24) is 0 Å². The van der Waals surface area contributed by atoms with Gasteiger partial charge in [-0.15, -0.1) is 0 Å². The van der Waals surface area contributed by atoms with E-state index >= 15 is 0 Å². The van der Waals surface area contributed by atoms with Crippen molar-refractivity contribution < 1.29 is 14.6 Å². The number of anilines is 1. The Bertz CT molecular complexity index is 671. The summed E-state index contributed by atoms with van der Waals surface area (Å²) in [6.45, 7) is 1.87. The Hall–Kier alpha value is -2.62. The van der Waals surface area contributed by atoms with Crippen LogP contribution in [0.1, 0.15) is 18.4 Å². The molecular formula is C18H19NO3. The first kappa shape index (κ1) is 14.3. The molecule has 0 fully saturated rings. The molecule has 1 aliphatic heterocycles. The number of phenols is 1. The van der Waals surface area contributed by atoms with Crippen molar-refractivity contribution in [1.29, 1.82) is 0 Å².